The number of nitrogens with zero attached hydrogens (tertiary/aromatic N) is 2. The van der Waals surface area contributed by atoms with Crippen molar-refractivity contribution in [2.45, 2.75) is 32.8 Å². The minimum atomic E-state index is -4.52. The molecule has 20 heavy (non-hydrogen) atoms. The Morgan fingerprint density at radius 1 is 1.35 bits per heavy atom. The van der Waals surface area contributed by atoms with Gasteiger partial charge in [0.2, 0.25) is 5.95 Å². The smallest absolute Gasteiger partial charge is 0.414 e. The lowest BCUT2D eigenvalue weighted by atomic mass is 10.2. The lowest BCUT2D eigenvalue weighted by molar-refractivity contribution is 0.0634. The molecule has 112 valence electrons. The number of nitrogens with one attached hydrogen (secondary N) is 1. The fourth-order valence-corrected chi connectivity index (χ4v) is 1.66. The van der Waals surface area contributed by atoms with E-state index in [0.29, 0.717) is 5.56 Å². The van der Waals surface area contributed by atoms with Gasteiger partial charge in [-0.05, 0) is 32.8 Å². The Hall–Kier alpha value is -1.77. The number of ether oxygens (including phenoxy) is 1. The van der Waals surface area contributed by atoms with Crippen molar-refractivity contribution in [3.05, 3.63) is 18.0 Å². The number of hydrogen-bond donors (Lipinski definition) is 1. The average molecular weight is 305 g/mol. The summed E-state index contributed by atoms with van der Waals surface area (Å²) in [5, 5.41) is 2.32. The van der Waals surface area contributed by atoms with Crippen molar-refractivity contribution in [2.75, 3.05) is 11.1 Å². The van der Waals surface area contributed by atoms with E-state index in [2.05, 4.69) is 15.3 Å². The molecule has 1 aromatic rings. The Bertz CT molecular complexity index is 566. The molecular formula is C11H16FN3O4S. The topological polar surface area (TPSA) is 98.2 Å². The molecule has 0 aliphatic carbocycles. The SMILES string of the molecule is CC(C)(C)OC(=O)Nc1ncc(CCS(=O)(=O)F)cn1. The molecule has 0 bridgehead atoms. The van der Waals surface area contributed by atoms with Gasteiger partial charge in [-0.2, -0.15) is 8.42 Å². The Morgan fingerprint density at radius 3 is 2.35 bits per heavy atom. The second kappa shape index (κ2) is 6.12. The third-order valence-corrected chi connectivity index (χ3v) is 2.64. The number of amides is 1. The molecule has 1 heterocycles. The summed E-state index contributed by atoms with van der Waals surface area (Å²) < 4.78 is 38.1. The van der Waals surface area contributed by atoms with Crippen LogP contribution in [0, 0.1) is 0 Å². The van der Waals surface area contributed by atoms with Crippen molar-refractivity contribution < 1.29 is 21.8 Å². The minimum Gasteiger partial charge on any atom is -0.444 e. The summed E-state index contributed by atoms with van der Waals surface area (Å²) in [5.74, 6) is -0.610. The normalized spacial score (nSPS) is 12.0. The van der Waals surface area contributed by atoms with Crippen LogP contribution in [0.4, 0.5) is 14.6 Å². The first kappa shape index (κ1) is 16.3. The molecule has 0 unspecified atom stereocenters. The molecule has 0 saturated carbocycles. The highest BCUT2D eigenvalue weighted by Gasteiger charge is 2.17. The highest BCUT2D eigenvalue weighted by atomic mass is 32.3. The number of carbonyl (C=O) groups excluding carboxylic acids is 1. The molecule has 0 aliphatic rings. The van der Waals surface area contributed by atoms with E-state index in [4.69, 9.17) is 4.74 Å². The number of halogens is 1. The van der Waals surface area contributed by atoms with E-state index in [-0.39, 0.29) is 12.4 Å². The Morgan fingerprint density at radius 2 is 1.90 bits per heavy atom. The first-order chi connectivity index (χ1) is 9.05. The van der Waals surface area contributed by atoms with Crippen LogP contribution in [0.1, 0.15) is 26.3 Å². The van der Waals surface area contributed by atoms with Crippen LogP contribution in [0.25, 0.3) is 0 Å². The van der Waals surface area contributed by atoms with Crippen LogP contribution < -0.4 is 5.32 Å². The summed E-state index contributed by atoms with van der Waals surface area (Å²) in [6.45, 7) is 5.15. The van der Waals surface area contributed by atoms with Gasteiger partial charge in [-0.3, -0.25) is 5.32 Å². The maximum Gasteiger partial charge on any atom is 0.414 e. The van der Waals surface area contributed by atoms with Crippen molar-refractivity contribution in [3.8, 4) is 0 Å². The molecule has 0 spiro atoms. The lowest BCUT2D eigenvalue weighted by Gasteiger charge is -2.19. The monoisotopic (exact) mass is 305 g/mol. The van der Waals surface area contributed by atoms with Gasteiger partial charge >= 0.3 is 16.3 Å². The van der Waals surface area contributed by atoms with Crippen LogP contribution in [0.5, 0.6) is 0 Å². The highest BCUT2D eigenvalue weighted by Crippen LogP contribution is 2.09. The second-order valence-electron chi connectivity index (χ2n) is 5.03. The van der Waals surface area contributed by atoms with Crippen molar-refractivity contribution in [1.82, 2.24) is 9.97 Å². The van der Waals surface area contributed by atoms with E-state index >= 15 is 0 Å². The van der Waals surface area contributed by atoms with Crippen LogP contribution in [0.2, 0.25) is 0 Å². The predicted octanol–water partition coefficient (Wildman–Crippen LogP) is 1.67. The zero-order chi connectivity index (χ0) is 15.4. The van der Waals surface area contributed by atoms with Gasteiger partial charge in [0.15, 0.2) is 0 Å². The van der Waals surface area contributed by atoms with Crippen LogP contribution in [0.15, 0.2) is 12.4 Å². The molecule has 0 fully saturated rings. The number of aromatic nitrogens is 2. The number of anilines is 1. The van der Waals surface area contributed by atoms with Gasteiger partial charge in [0.1, 0.15) is 5.60 Å². The summed E-state index contributed by atoms with van der Waals surface area (Å²) in [6.07, 6.45) is 1.89. The van der Waals surface area contributed by atoms with Crippen LogP contribution in [-0.4, -0.2) is 35.8 Å². The van der Waals surface area contributed by atoms with Crippen LogP contribution in [-0.2, 0) is 21.4 Å². The predicted molar refractivity (Wildman–Crippen MR) is 70.5 cm³/mol. The quantitative estimate of drug-likeness (QED) is 0.850. The van der Waals surface area contributed by atoms with Gasteiger partial charge in [0, 0.05) is 12.4 Å². The summed E-state index contributed by atoms with van der Waals surface area (Å²) >= 11 is 0. The maximum absolute atomic E-state index is 12.3. The molecular weight excluding hydrogens is 289 g/mol. The lowest BCUT2D eigenvalue weighted by Crippen LogP contribution is -2.27. The molecule has 1 aromatic heterocycles. The number of carbonyl (C=O) groups is 1. The number of hydrogen-bond acceptors (Lipinski definition) is 6. The number of rotatable bonds is 4. The van der Waals surface area contributed by atoms with Crippen molar-refractivity contribution in [3.63, 3.8) is 0 Å². The standard InChI is InChI=1S/C11H16FN3O4S/c1-11(2,3)19-10(16)15-9-13-6-8(7-14-9)4-5-20(12,17)18/h6-7H,4-5H2,1-3H3,(H,13,14,15,16). The molecule has 0 aromatic carbocycles. The molecule has 0 radical (unpaired) electrons. The molecule has 7 nitrogen and oxygen atoms in total. The fraction of sp³-hybridized carbons (Fsp3) is 0.545. The first-order valence-electron chi connectivity index (χ1n) is 5.78. The van der Waals surface area contributed by atoms with Gasteiger partial charge in [-0.15, -0.1) is 3.89 Å². The molecule has 0 atom stereocenters. The molecule has 0 saturated heterocycles. The fourth-order valence-electron chi connectivity index (χ4n) is 1.18. The zero-order valence-electron chi connectivity index (χ0n) is 11.4. The van der Waals surface area contributed by atoms with E-state index < -0.39 is 27.7 Å². The number of aryl methyl sites for hydroxylation is 1. The minimum absolute atomic E-state index is 0.0195. The Kier molecular flexibility index (Phi) is 4.98. The van der Waals surface area contributed by atoms with Gasteiger partial charge < -0.3 is 4.74 Å². The summed E-state index contributed by atoms with van der Waals surface area (Å²) in [5.41, 5.74) is -0.194. The second-order valence-corrected chi connectivity index (χ2v) is 6.52. The molecule has 1 rings (SSSR count). The molecule has 9 heteroatoms. The van der Waals surface area contributed by atoms with E-state index in [1.165, 1.54) is 12.4 Å². The van der Waals surface area contributed by atoms with Gasteiger partial charge in [0.25, 0.3) is 0 Å². The van der Waals surface area contributed by atoms with Gasteiger partial charge in [-0.1, -0.05) is 0 Å². The van der Waals surface area contributed by atoms with Gasteiger partial charge in [-0.25, -0.2) is 14.8 Å². The Labute approximate surface area is 116 Å². The highest BCUT2D eigenvalue weighted by molar-refractivity contribution is 7.86. The van der Waals surface area contributed by atoms with Crippen LogP contribution in [0.3, 0.4) is 0 Å². The third-order valence-electron chi connectivity index (χ3n) is 1.95. The molecule has 0 aliphatic heterocycles. The summed E-state index contributed by atoms with van der Waals surface area (Å²) in [6, 6.07) is 0. The van der Waals surface area contributed by atoms with E-state index in [1.54, 1.807) is 20.8 Å². The molecule has 1 amide bonds. The average Bonchev–Trinajstić information content (AvgIpc) is 2.24. The van der Waals surface area contributed by atoms with Crippen molar-refractivity contribution in [2.24, 2.45) is 0 Å². The summed E-state index contributed by atoms with van der Waals surface area (Å²) in [4.78, 5) is 19.0. The zero-order valence-corrected chi connectivity index (χ0v) is 12.2. The van der Waals surface area contributed by atoms with E-state index in [0.717, 1.165) is 0 Å². The maximum atomic E-state index is 12.3. The molecule has 1 N–H and O–H groups in total. The van der Waals surface area contributed by atoms with Crippen LogP contribution >= 0.6 is 0 Å². The third kappa shape index (κ3) is 6.98. The van der Waals surface area contributed by atoms with Crippen molar-refractivity contribution >= 4 is 22.3 Å². The van der Waals surface area contributed by atoms with Crippen molar-refractivity contribution in [1.29, 1.82) is 0 Å². The summed E-state index contributed by atoms with van der Waals surface area (Å²) in [7, 11) is -4.52. The Balaban J connectivity index is 2.57. The van der Waals surface area contributed by atoms with E-state index in [9.17, 15) is 17.1 Å². The van der Waals surface area contributed by atoms with E-state index in [1.807, 2.05) is 0 Å². The largest absolute Gasteiger partial charge is 0.444 e. The van der Waals surface area contributed by atoms with Gasteiger partial charge in [0.05, 0.1) is 5.75 Å². The first-order valence-corrected chi connectivity index (χ1v) is 7.34.